The Bertz CT molecular complexity index is 758. The summed E-state index contributed by atoms with van der Waals surface area (Å²) in [5.41, 5.74) is 3.18. The van der Waals surface area contributed by atoms with E-state index in [0.717, 1.165) is 54.0 Å². The van der Waals surface area contributed by atoms with Gasteiger partial charge in [-0.3, -0.25) is 0 Å². The molecule has 0 spiro atoms. The molecule has 0 amide bonds. The van der Waals surface area contributed by atoms with Crippen LogP contribution in [0.3, 0.4) is 0 Å². The molecule has 0 unspecified atom stereocenters. The number of H-pyrrole nitrogens is 1. The highest BCUT2D eigenvalue weighted by atomic mass is 16.5. The minimum atomic E-state index is 0.275. The van der Waals surface area contributed by atoms with Gasteiger partial charge in [0.25, 0.3) is 0 Å². The maximum absolute atomic E-state index is 6.00. The molecule has 1 aromatic carbocycles. The van der Waals surface area contributed by atoms with Gasteiger partial charge in [-0.1, -0.05) is 12.1 Å². The average Bonchev–Trinajstić information content (AvgIpc) is 3.04. The minimum absolute atomic E-state index is 0.275. The fourth-order valence-corrected chi connectivity index (χ4v) is 2.81. The lowest BCUT2D eigenvalue weighted by molar-refractivity contribution is 0.0256. The van der Waals surface area contributed by atoms with Gasteiger partial charge >= 0.3 is 0 Å². The second-order valence-electron chi connectivity index (χ2n) is 5.59. The third-order valence-corrected chi connectivity index (χ3v) is 4.06. The highest BCUT2D eigenvalue weighted by Crippen LogP contribution is 2.25. The van der Waals surface area contributed by atoms with Crippen LogP contribution >= 0.6 is 0 Å². The van der Waals surface area contributed by atoms with Gasteiger partial charge in [0.05, 0.1) is 13.2 Å². The Morgan fingerprint density at radius 2 is 1.86 bits per heavy atom. The molecular formula is C18H18N2O2. The Morgan fingerprint density at radius 1 is 1.05 bits per heavy atom. The van der Waals surface area contributed by atoms with Gasteiger partial charge in [-0.05, 0) is 29.8 Å². The van der Waals surface area contributed by atoms with Crippen LogP contribution < -0.4 is 4.74 Å². The van der Waals surface area contributed by atoms with Crippen LogP contribution in [0.5, 0.6) is 5.75 Å². The van der Waals surface area contributed by atoms with Crippen molar-refractivity contribution in [2.75, 3.05) is 13.2 Å². The lowest BCUT2D eigenvalue weighted by atomic mass is 10.1. The molecule has 3 aromatic rings. The topological polar surface area (TPSA) is 47.1 Å². The summed E-state index contributed by atoms with van der Waals surface area (Å²) in [5.74, 6) is 0.923. The van der Waals surface area contributed by atoms with Crippen LogP contribution in [0.4, 0.5) is 0 Å². The largest absolute Gasteiger partial charge is 0.490 e. The molecule has 1 fully saturated rings. The summed E-state index contributed by atoms with van der Waals surface area (Å²) in [6, 6.07) is 12.4. The molecule has 1 aliphatic heterocycles. The Kier molecular flexibility index (Phi) is 3.52. The number of nitrogens with one attached hydrogen (secondary N) is 1. The van der Waals surface area contributed by atoms with Gasteiger partial charge in [-0.2, -0.15) is 0 Å². The van der Waals surface area contributed by atoms with Gasteiger partial charge < -0.3 is 14.5 Å². The zero-order chi connectivity index (χ0) is 14.8. The number of benzene rings is 1. The molecule has 0 atom stereocenters. The van der Waals surface area contributed by atoms with Crippen molar-refractivity contribution in [3.63, 3.8) is 0 Å². The fourth-order valence-electron chi connectivity index (χ4n) is 2.81. The van der Waals surface area contributed by atoms with Gasteiger partial charge in [0.15, 0.2) is 0 Å². The predicted octanol–water partition coefficient (Wildman–Crippen LogP) is 3.79. The van der Waals surface area contributed by atoms with Gasteiger partial charge in [0, 0.05) is 36.2 Å². The van der Waals surface area contributed by atoms with E-state index in [9.17, 15) is 0 Å². The average molecular weight is 294 g/mol. The van der Waals surface area contributed by atoms with Gasteiger partial charge in [-0.25, -0.2) is 4.98 Å². The van der Waals surface area contributed by atoms with E-state index in [0.29, 0.717) is 0 Å². The van der Waals surface area contributed by atoms with Crippen molar-refractivity contribution >= 4 is 11.0 Å². The molecule has 2 aromatic heterocycles. The number of nitrogens with zero attached hydrogens (tertiary/aromatic N) is 1. The van der Waals surface area contributed by atoms with Crippen molar-refractivity contribution in [2.45, 2.75) is 18.9 Å². The summed E-state index contributed by atoms with van der Waals surface area (Å²) in [6.45, 7) is 1.59. The fraction of sp³-hybridized carbons (Fsp3) is 0.278. The van der Waals surface area contributed by atoms with E-state index in [-0.39, 0.29) is 6.10 Å². The molecular weight excluding hydrogens is 276 g/mol. The highest BCUT2D eigenvalue weighted by molar-refractivity contribution is 5.81. The van der Waals surface area contributed by atoms with Crippen molar-refractivity contribution in [3.05, 3.63) is 48.8 Å². The highest BCUT2D eigenvalue weighted by Gasteiger charge is 2.15. The molecule has 0 bridgehead atoms. The first-order chi connectivity index (χ1) is 10.9. The second kappa shape index (κ2) is 5.81. The lowest BCUT2D eigenvalue weighted by Gasteiger charge is -2.23. The van der Waals surface area contributed by atoms with Crippen molar-refractivity contribution < 1.29 is 9.47 Å². The summed E-state index contributed by atoms with van der Waals surface area (Å²) < 4.78 is 11.4. The standard InChI is InChI=1S/C18H18N2O2/c1-3-16(22-17-6-9-21-10-7-17)4-2-13(1)15-11-14-5-8-19-18(14)20-12-15/h1-5,8,11-12,17H,6-7,9-10H2,(H,19,20). The summed E-state index contributed by atoms with van der Waals surface area (Å²) in [7, 11) is 0. The molecule has 4 rings (SSSR count). The van der Waals surface area contributed by atoms with E-state index in [1.165, 1.54) is 0 Å². The molecule has 4 nitrogen and oxygen atoms in total. The minimum Gasteiger partial charge on any atom is -0.490 e. The van der Waals surface area contributed by atoms with Crippen LogP contribution in [0.1, 0.15) is 12.8 Å². The van der Waals surface area contributed by atoms with Crippen LogP contribution in [0.2, 0.25) is 0 Å². The Labute approximate surface area is 129 Å². The summed E-state index contributed by atoms with van der Waals surface area (Å²) in [6.07, 6.45) is 6.02. The zero-order valence-electron chi connectivity index (χ0n) is 12.3. The molecule has 4 heteroatoms. The molecule has 0 radical (unpaired) electrons. The normalized spacial score (nSPS) is 16.0. The Balaban J connectivity index is 1.53. The summed E-state index contributed by atoms with van der Waals surface area (Å²) >= 11 is 0. The third kappa shape index (κ3) is 2.70. The SMILES string of the molecule is c1cc2cc(-c3ccc(OC4CCOCC4)cc3)cnc2[nH]1. The lowest BCUT2D eigenvalue weighted by Crippen LogP contribution is -2.25. The maximum Gasteiger partial charge on any atom is 0.137 e. The monoisotopic (exact) mass is 294 g/mol. The van der Waals surface area contributed by atoms with Crippen LogP contribution in [0.15, 0.2) is 48.8 Å². The van der Waals surface area contributed by atoms with Crippen molar-refractivity contribution in [2.24, 2.45) is 0 Å². The number of hydrogen-bond acceptors (Lipinski definition) is 3. The Hall–Kier alpha value is -2.33. The molecule has 0 saturated carbocycles. The number of pyridine rings is 1. The quantitative estimate of drug-likeness (QED) is 0.799. The molecule has 112 valence electrons. The van der Waals surface area contributed by atoms with E-state index in [2.05, 4.69) is 28.2 Å². The van der Waals surface area contributed by atoms with Crippen LogP contribution in [0.25, 0.3) is 22.2 Å². The third-order valence-electron chi connectivity index (χ3n) is 4.06. The number of aromatic nitrogens is 2. The van der Waals surface area contributed by atoms with Crippen molar-refractivity contribution in [1.29, 1.82) is 0 Å². The van der Waals surface area contributed by atoms with Crippen LogP contribution in [0, 0.1) is 0 Å². The smallest absolute Gasteiger partial charge is 0.137 e. The predicted molar refractivity (Wildman–Crippen MR) is 86.0 cm³/mol. The van der Waals surface area contributed by atoms with E-state index >= 15 is 0 Å². The maximum atomic E-state index is 6.00. The van der Waals surface area contributed by atoms with Crippen LogP contribution in [-0.4, -0.2) is 29.3 Å². The number of rotatable bonds is 3. The van der Waals surface area contributed by atoms with E-state index in [1.54, 1.807) is 0 Å². The summed E-state index contributed by atoms with van der Waals surface area (Å²) in [4.78, 5) is 7.54. The molecule has 1 N–H and O–H groups in total. The second-order valence-corrected chi connectivity index (χ2v) is 5.59. The number of ether oxygens (including phenoxy) is 2. The van der Waals surface area contributed by atoms with E-state index < -0.39 is 0 Å². The van der Waals surface area contributed by atoms with Crippen LogP contribution in [-0.2, 0) is 4.74 Å². The van der Waals surface area contributed by atoms with Crippen molar-refractivity contribution in [3.8, 4) is 16.9 Å². The molecule has 0 aliphatic carbocycles. The molecule has 1 aliphatic rings. The molecule has 1 saturated heterocycles. The number of fused-ring (bicyclic) bond motifs is 1. The van der Waals surface area contributed by atoms with Gasteiger partial charge in [0.1, 0.15) is 17.5 Å². The van der Waals surface area contributed by atoms with Crippen molar-refractivity contribution in [1.82, 2.24) is 9.97 Å². The summed E-state index contributed by atoms with van der Waals surface area (Å²) in [5, 5.41) is 1.13. The number of hydrogen-bond donors (Lipinski definition) is 1. The first-order valence-corrected chi connectivity index (χ1v) is 7.66. The zero-order valence-corrected chi connectivity index (χ0v) is 12.3. The van der Waals surface area contributed by atoms with Gasteiger partial charge in [-0.15, -0.1) is 0 Å². The number of aromatic amines is 1. The first kappa shape index (κ1) is 13.3. The molecule has 3 heterocycles. The Morgan fingerprint density at radius 3 is 2.68 bits per heavy atom. The van der Waals surface area contributed by atoms with E-state index in [4.69, 9.17) is 9.47 Å². The van der Waals surface area contributed by atoms with Gasteiger partial charge in [0.2, 0.25) is 0 Å². The molecule has 22 heavy (non-hydrogen) atoms. The van der Waals surface area contributed by atoms with E-state index in [1.807, 2.05) is 30.6 Å². The first-order valence-electron chi connectivity index (χ1n) is 7.66.